The third-order valence-electron chi connectivity index (χ3n) is 4.49. The molecule has 3 N–H and O–H groups in total. The number of hydrogen-bond donors (Lipinski definition) is 3. The molecule has 1 saturated heterocycles. The van der Waals surface area contributed by atoms with Crippen molar-refractivity contribution in [3.63, 3.8) is 0 Å². The fraction of sp³-hybridized carbons (Fsp3) is 0.727. The molecule has 0 bridgehead atoms. The molecule has 1 fully saturated rings. The van der Waals surface area contributed by atoms with E-state index in [2.05, 4.69) is 10.6 Å². The minimum atomic E-state index is -1.61. The fourth-order valence-corrected chi connectivity index (χ4v) is 3.25. The van der Waals surface area contributed by atoms with Crippen molar-refractivity contribution in [1.82, 2.24) is 10.6 Å². The molecule has 1 aliphatic rings. The predicted molar refractivity (Wildman–Crippen MR) is 121 cm³/mol. The van der Waals surface area contributed by atoms with E-state index in [0.29, 0.717) is 0 Å². The minimum Gasteiger partial charge on any atom is -0.480 e. The second kappa shape index (κ2) is 13.7. The van der Waals surface area contributed by atoms with Crippen LogP contribution in [0.5, 0.6) is 0 Å². The van der Waals surface area contributed by atoms with Crippen LogP contribution in [0.1, 0.15) is 48.5 Å². The third-order valence-corrected chi connectivity index (χ3v) is 4.49. The van der Waals surface area contributed by atoms with Gasteiger partial charge in [-0.15, -0.1) is 0 Å². The second-order valence-electron chi connectivity index (χ2n) is 9.09. The van der Waals surface area contributed by atoms with Crippen LogP contribution in [0.15, 0.2) is 0 Å². The van der Waals surface area contributed by atoms with Gasteiger partial charge >= 0.3 is 30.0 Å². The number of esters is 3. The first-order valence-electron chi connectivity index (χ1n) is 11.2. The van der Waals surface area contributed by atoms with Gasteiger partial charge in [-0.1, -0.05) is 0 Å². The summed E-state index contributed by atoms with van der Waals surface area (Å²) in [4.78, 5) is 70.7. The fourth-order valence-electron chi connectivity index (χ4n) is 3.25. The number of rotatable bonds is 10. The summed E-state index contributed by atoms with van der Waals surface area (Å²) in [7, 11) is 0. The first-order chi connectivity index (χ1) is 17.0. The lowest BCUT2D eigenvalue weighted by Crippen LogP contribution is -2.67. The highest BCUT2D eigenvalue weighted by atomic mass is 16.7. The number of alkyl carbamates (subject to hydrolysis) is 1. The van der Waals surface area contributed by atoms with Gasteiger partial charge in [0, 0.05) is 27.7 Å². The number of carbonyl (C=O) groups excluding carboxylic acids is 5. The predicted octanol–water partition coefficient (Wildman–Crippen LogP) is -0.363. The number of carbonyl (C=O) groups is 6. The first kappa shape index (κ1) is 31.6. The summed E-state index contributed by atoms with van der Waals surface area (Å²) in [6, 6.07) is -2.91. The van der Waals surface area contributed by atoms with Crippen molar-refractivity contribution in [2.45, 2.75) is 90.8 Å². The average Bonchev–Trinajstić information content (AvgIpc) is 2.70. The minimum absolute atomic E-state index is 0.462. The van der Waals surface area contributed by atoms with Crippen LogP contribution < -0.4 is 10.6 Å². The molecule has 2 amide bonds. The summed E-state index contributed by atoms with van der Waals surface area (Å²) in [5.41, 5.74) is -0.899. The maximum Gasteiger partial charge on any atom is 0.408 e. The number of aliphatic carboxylic acids is 1. The van der Waals surface area contributed by atoms with Crippen LogP contribution in [-0.4, -0.2) is 96.5 Å². The summed E-state index contributed by atoms with van der Waals surface area (Å²) in [5.74, 6) is -4.36. The summed E-state index contributed by atoms with van der Waals surface area (Å²) >= 11 is 0. The highest BCUT2D eigenvalue weighted by molar-refractivity contribution is 5.80. The highest BCUT2D eigenvalue weighted by Gasteiger charge is 2.51. The molecule has 0 aromatic rings. The number of carboxylic acids is 1. The normalized spacial score (nSPS) is 24.1. The molecule has 210 valence electrons. The van der Waals surface area contributed by atoms with Crippen molar-refractivity contribution in [3.05, 3.63) is 0 Å². The molecule has 1 heterocycles. The van der Waals surface area contributed by atoms with Crippen LogP contribution >= 0.6 is 0 Å². The van der Waals surface area contributed by atoms with Crippen molar-refractivity contribution in [3.8, 4) is 0 Å². The van der Waals surface area contributed by atoms with E-state index < -0.39 is 91.4 Å². The number of nitrogens with one attached hydrogen (secondary N) is 2. The van der Waals surface area contributed by atoms with Crippen LogP contribution in [0, 0.1) is 0 Å². The molecule has 15 heteroatoms. The molecule has 0 saturated carbocycles. The smallest absolute Gasteiger partial charge is 0.408 e. The van der Waals surface area contributed by atoms with Crippen LogP contribution in [0.25, 0.3) is 0 Å². The van der Waals surface area contributed by atoms with Gasteiger partial charge in [-0.05, 0) is 20.8 Å². The van der Waals surface area contributed by atoms with Crippen molar-refractivity contribution in [1.29, 1.82) is 0 Å². The quantitative estimate of drug-likeness (QED) is 0.242. The monoisotopic (exact) mass is 534 g/mol. The van der Waals surface area contributed by atoms with E-state index in [-0.39, 0.29) is 0 Å². The summed E-state index contributed by atoms with van der Waals surface area (Å²) < 4.78 is 32.0. The second-order valence-corrected chi connectivity index (χ2v) is 9.09. The molecule has 37 heavy (non-hydrogen) atoms. The molecule has 1 rings (SSSR count). The van der Waals surface area contributed by atoms with Crippen molar-refractivity contribution in [2.24, 2.45) is 0 Å². The number of amides is 2. The molecule has 0 aromatic carbocycles. The summed E-state index contributed by atoms with van der Waals surface area (Å²) in [5, 5.41) is 14.1. The first-order valence-corrected chi connectivity index (χ1v) is 11.2. The van der Waals surface area contributed by atoms with E-state index in [1.165, 1.54) is 0 Å². The number of hydrogen-bond acceptors (Lipinski definition) is 12. The van der Waals surface area contributed by atoms with Crippen LogP contribution in [0.3, 0.4) is 0 Å². The molecular weight excluding hydrogens is 500 g/mol. The molecule has 0 unspecified atom stereocenters. The lowest BCUT2D eigenvalue weighted by molar-refractivity contribution is -0.278. The Labute approximate surface area is 213 Å². The van der Waals surface area contributed by atoms with Crippen molar-refractivity contribution >= 4 is 35.9 Å². The van der Waals surface area contributed by atoms with E-state index in [1.807, 2.05) is 0 Å². The Hall–Kier alpha value is -3.46. The lowest BCUT2D eigenvalue weighted by atomic mass is 9.96. The van der Waals surface area contributed by atoms with Crippen molar-refractivity contribution < 1.29 is 62.3 Å². The van der Waals surface area contributed by atoms with Gasteiger partial charge in [0.1, 0.15) is 24.4 Å². The highest BCUT2D eigenvalue weighted by Crippen LogP contribution is 2.28. The lowest BCUT2D eigenvalue weighted by Gasteiger charge is -2.45. The van der Waals surface area contributed by atoms with Crippen LogP contribution in [0.4, 0.5) is 4.79 Å². The molecule has 0 radical (unpaired) electrons. The Morgan fingerprint density at radius 2 is 1.49 bits per heavy atom. The van der Waals surface area contributed by atoms with Crippen molar-refractivity contribution in [2.75, 3.05) is 13.2 Å². The SMILES string of the molecule is CC(=O)N[C@@H]1[C@H](OC[C@H](NC(=O)OC(C)(C)C)C(=O)O)O[C@H](COC(C)=O)[C@@H](OC(C)=O)[C@@H]1OC(C)=O. The Bertz CT molecular complexity index is 869. The topological polar surface area (TPSA) is 202 Å². The third kappa shape index (κ3) is 11.4. The van der Waals surface area contributed by atoms with E-state index in [1.54, 1.807) is 20.8 Å². The zero-order valence-corrected chi connectivity index (χ0v) is 21.7. The van der Waals surface area contributed by atoms with E-state index >= 15 is 0 Å². The largest absolute Gasteiger partial charge is 0.480 e. The standard InChI is InChI=1S/C22H34N2O13/c1-10(25)23-16-18(35-13(4)28)17(34-12(3)27)15(9-32-11(2)26)36-20(16)33-8-14(19(29)30)24-21(31)37-22(5,6)7/h14-18,20H,8-9H2,1-7H3,(H,23,25)(H,24,31)(H,29,30)/t14-,15+,16-,17+,18+,20+/m0/s1. The molecule has 15 nitrogen and oxygen atoms in total. The molecule has 0 spiro atoms. The summed E-state index contributed by atoms with van der Waals surface area (Å²) in [6.07, 6.45) is -6.48. The number of ether oxygens (including phenoxy) is 6. The summed E-state index contributed by atoms with van der Waals surface area (Å²) in [6.45, 7) is 8.06. The van der Waals surface area contributed by atoms with Gasteiger partial charge in [-0.25, -0.2) is 9.59 Å². The number of carboxylic acid groups (broad SMARTS) is 1. The van der Waals surface area contributed by atoms with Gasteiger partial charge in [0.05, 0.1) is 6.61 Å². The molecule has 0 aliphatic carbocycles. The Kier molecular flexibility index (Phi) is 11.7. The maximum atomic E-state index is 12.1. The molecule has 6 atom stereocenters. The van der Waals surface area contributed by atoms with E-state index in [4.69, 9.17) is 28.4 Å². The Morgan fingerprint density at radius 1 is 0.919 bits per heavy atom. The Morgan fingerprint density at radius 3 is 1.95 bits per heavy atom. The van der Waals surface area contributed by atoms with Gasteiger partial charge in [-0.2, -0.15) is 0 Å². The van der Waals surface area contributed by atoms with Gasteiger partial charge in [0.15, 0.2) is 24.5 Å². The maximum absolute atomic E-state index is 12.1. The van der Waals surface area contributed by atoms with Gasteiger partial charge in [-0.3, -0.25) is 19.2 Å². The van der Waals surface area contributed by atoms with Gasteiger partial charge < -0.3 is 44.2 Å². The molecule has 1 aliphatic heterocycles. The van der Waals surface area contributed by atoms with Crippen LogP contribution in [0.2, 0.25) is 0 Å². The Balaban J connectivity index is 3.27. The zero-order chi connectivity index (χ0) is 28.5. The average molecular weight is 535 g/mol. The molecule has 0 aromatic heterocycles. The van der Waals surface area contributed by atoms with Gasteiger partial charge in [0.2, 0.25) is 5.91 Å². The zero-order valence-electron chi connectivity index (χ0n) is 21.7. The van der Waals surface area contributed by atoms with Crippen LogP contribution in [-0.2, 0) is 52.4 Å². The molecular formula is C22H34N2O13. The van der Waals surface area contributed by atoms with E-state index in [0.717, 1.165) is 27.7 Å². The van der Waals surface area contributed by atoms with Gasteiger partial charge in [0.25, 0.3) is 0 Å². The van der Waals surface area contributed by atoms with E-state index in [9.17, 15) is 33.9 Å².